The minimum absolute atomic E-state index is 0.0157. The van der Waals surface area contributed by atoms with Crippen molar-refractivity contribution in [3.63, 3.8) is 0 Å². The molecule has 10 nitrogen and oxygen atoms in total. The van der Waals surface area contributed by atoms with Crippen molar-refractivity contribution >= 4 is 19.8 Å². The summed E-state index contributed by atoms with van der Waals surface area (Å²) in [5.74, 6) is -1.78. The van der Waals surface area contributed by atoms with Crippen molar-refractivity contribution < 1.29 is 42.7 Å². The third-order valence-corrected chi connectivity index (χ3v) is 10.4. The topological polar surface area (TPSA) is 155 Å². The molecule has 55 heavy (non-hydrogen) atoms. The molecule has 0 saturated heterocycles. The van der Waals surface area contributed by atoms with Gasteiger partial charge in [-0.05, 0) is 51.4 Å². The minimum atomic E-state index is -4.61. The Morgan fingerprint density at radius 3 is 1.49 bits per heavy atom. The number of hydrogen-bond donors (Lipinski definition) is 3. The van der Waals surface area contributed by atoms with Crippen LogP contribution in [0.3, 0.4) is 0 Å². The average molecular weight is 800 g/mol. The number of carboxylic acid groups (broad SMARTS) is 1. The van der Waals surface area contributed by atoms with Crippen LogP contribution in [-0.4, -0.2) is 60.5 Å². The standard InChI is InChI=1S/C44H82NO9P/c1-3-5-7-9-11-13-15-16-17-18-19-20-21-22-23-24-25-26-27-28-30-32-34-36-43(46)54-41(39-52-55(49,50)53-40-42(45)44(47)48)38-51-37-35-33-31-29-14-12-10-8-6-4-2/h15-16,18-19,21-22,41-42H,3-14,17,20,23-40,45H2,1-2H3,(H,47,48)(H,49,50)/b16-15-,19-18-,22-21-. The maximum Gasteiger partial charge on any atom is 0.472 e. The lowest BCUT2D eigenvalue weighted by molar-refractivity contribution is -0.154. The molecule has 0 rings (SSSR count). The molecule has 0 aliphatic heterocycles. The van der Waals surface area contributed by atoms with Crippen LogP contribution in [-0.2, 0) is 32.7 Å². The molecule has 322 valence electrons. The summed E-state index contributed by atoms with van der Waals surface area (Å²) in [6.07, 6.45) is 44.8. The first-order chi connectivity index (χ1) is 26.7. The summed E-state index contributed by atoms with van der Waals surface area (Å²) >= 11 is 0. The van der Waals surface area contributed by atoms with Crippen LogP contribution in [0.2, 0.25) is 0 Å². The molecule has 0 amide bonds. The Morgan fingerprint density at radius 2 is 1.00 bits per heavy atom. The molecule has 4 N–H and O–H groups in total. The smallest absolute Gasteiger partial charge is 0.472 e. The van der Waals surface area contributed by atoms with E-state index in [2.05, 4.69) is 50.3 Å². The molecule has 0 fully saturated rings. The lowest BCUT2D eigenvalue weighted by Gasteiger charge is -2.20. The number of carbonyl (C=O) groups is 2. The van der Waals surface area contributed by atoms with E-state index in [0.717, 1.165) is 57.8 Å². The van der Waals surface area contributed by atoms with Crippen molar-refractivity contribution in [1.29, 1.82) is 0 Å². The first kappa shape index (κ1) is 53.2. The van der Waals surface area contributed by atoms with E-state index in [4.69, 9.17) is 29.4 Å². The quantitative estimate of drug-likeness (QED) is 0.0235. The van der Waals surface area contributed by atoms with Gasteiger partial charge in [-0.2, -0.15) is 0 Å². The molecule has 0 aliphatic rings. The predicted octanol–water partition coefficient (Wildman–Crippen LogP) is 12.1. The zero-order valence-corrected chi connectivity index (χ0v) is 35.9. The summed E-state index contributed by atoms with van der Waals surface area (Å²) in [6.45, 7) is 3.86. The summed E-state index contributed by atoms with van der Waals surface area (Å²) in [6, 6.07) is -1.47. The molecule has 0 heterocycles. The van der Waals surface area contributed by atoms with E-state index in [1.54, 1.807) is 0 Å². The van der Waals surface area contributed by atoms with Crippen molar-refractivity contribution in [2.75, 3.05) is 26.4 Å². The number of rotatable bonds is 42. The number of allylic oxidation sites excluding steroid dienone is 6. The van der Waals surface area contributed by atoms with E-state index >= 15 is 0 Å². The first-order valence-electron chi connectivity index (χ1n) is 22.0. The lowest BCUT2D eigenvalue weighted by Crippen LogP contribution is -2.34. The predicted molar refractivity (Wildman–Crippen MR) is 226 cm³/mol. The molecule has 0 aliphatic carbocycles. The molecule has 3 atom stereocenters. The maximum atomic E-state index is 12.6. The number of aliphatic carboxylic acids is 1. The fourth-order valence-corrected chi connectivity index (χ4v) is 6.74. The van der Waals surface area contributed by atoms with Crippen LogP contribution >= 0.6 is 7.82 Å². The van der Waals surface area contributed by atoms with E-state index < -0.39 is 45.1 Å². The van der Waals surface area contributed by atoms with E-state index in [1.165, 1.54) is 109 Å². The normalized spacial score (nSPS) is 14.3. The van der Waals surface area contributed by atoms with Gasteiger partial charge in [0, 0.05) is 13.0 Å². The van der Waals surface area contributed by atoms with E-state index in [0.29, 0.717) is 13.0 Å². The summed E-state index contributed by atoms with van der Waals surface area (Å²) < 4.78 is 33.3. The summed E-state index contributed by atoms with van der Waals surface area (Å²) in [4.78, 5) is 33.5. The molecule has 0 spiro atoms. The second kappa shape index (κ2) is 40.4. The fourth-order valence-electron chi connectivity index (χ4n) is 5.96. The SMILES string of the molecule is CCCCCCC/C=C\C/C=C\C/C=C\CCCCCCCCCCC(=O)OC(COCCCCCCCCCCCC)COP(=O)(O)OCC(N)C(=O)O. The van der Waals surface area contributed by atoms with Crippen molar-refractivity contribution in [3.8, 4) is 0 Å². The number of hydrogen-bond acceptors (Lipinski definition) is 8. The Kier molecular flexibility index (Phi) is 39.1. The lowest BCUT2D eigenvalue weighted by atomic mass is 10.1. The van der Waals surface area contributed by atoms with Crippen molar-refractivity contribution in [2.24, 2.45) is 5.73 Å². The van der Waals surface area contributed by atoms with Gasteiger partial charge >= 0.3 is 19.8 Å². The highest BCUT2D eigenvalue weighted by Gasteiger charge is 2.27. The number of carboxylic acids is 1. The van der Waals surface area contributed by atoms with Crippen molar-refractivity contribution in [1.82, 2.24) is 0 Å². The zero-order valence-electron chi connectivity index (χ0n) is 35.0. The summed E-state index contributed by atoms with van der Waals surface area (Å²) in [5.41, 5.74) is 5.35. The number of ether oxygens (including phenoxy) is 2. The molecule has 3 unspecified atom stereocenters. The van der Waals surface area contributed by atoms with Gasteiger partial charge in [-0.15, -0.1) is 0 Å². The number of esters is 1. The van der Waals surface area contributed by atoms with Gasteiger partial charge in [-0.1, -0.05) is 172 Å². The van der Waals surface area contributed by atoms with Crippen LogP contribution in [0.25, 0.3) is 0 Å². The highest BCUT2D eigenvalue weighted by molar-refractivity contribution is 7.47. The Balaban J connectivity index is 4.15. The number of unbranched alkanes of at least 4 members (excludes halogenated alkanes) is 22. The molecule has 11 heteroatoms. The van der Waals surface area contributed by atoms with Crippen LogP contribution in [0.15, 0.2) is 36.5 Å². The van der Waals surface area contributed by atoms with Gasteiger partial charge in [0.15, 0.2) is 0 Å². The van der Waals surface area contributed by atoms with Gasteiger partial charge in [0.2, 0.25) is 0 Å². The van der Waals surface area contributed by atoms with Gasteiger partial charge in [0.05, 0.1) is 19.8 Å². The number of nitrogens with two attached hydrogens (primary N) is 1. The molecular weight excluding hydrogens is 717 g/mol. The average Bonchev–Trinajstić information content (AvgIpc) is 3.16. The van der Waals surface area contributed by atoms with Gasteiger partial charge in [-0.3, -0.25) is 18.6 Å². The Morgan fingerprint density at radius 1 is 0.582 bits per heavy atom. The van der Waals surface area contributed by atoms with Gasteiger partial charge in [0.25, 0.3) is 0 Å². The fraction of sp³-hybridized carbons (Fsp3) is 0.818. The molecule has 0 saturated carbocycles. The molecule has 0 aromatic rings. The maximum absolute atomic E-state index is 12.6. The molecule has 0 radical (unpaired) electrons. The number of phosphoric acid groups is 1. The molecule has 0 aromatic carbocycles. The second-order valence-electron chi connectivity index (χ2n) is 14.8. The summed E-state index contributed by atoms with van der Waals surface area (Å²) in [5, 5.41) is 8.88. The molecule has 0 bridgehead atoms. The van der Waals surface area contributed by atoms with Crippen LogP contribution in [0, 0.1) is 0 Å². The van der Waals surface area contributed by atoms with Crippen molar-refractivity contribution in [3.05, 3.63) is 36.5 Å². The third kappa shape index (κ3) is 40.2. The zero-order chi connectivity index (χ0) is 40.5. The largest absolute Gasteiger partial charge is 0.480 e. The van der Waals surface area contributed by atoms with Gasteiger partial charge < -0.3 is 25.2 Å². The van der Waals surface area contributed by atoms with E-state index in [9.17, 15) is 19.0 Å². The Labute approximate surface area is 336 Å². The first-order valence-corrected chi connectivity index (χ1v) is 23.5. The highest BCUT2D eigenvalue weighted by atomic mass is 31.2. The summed E-state index contributed by atoms with van der Waals surface area (Å²) in [7, 11) is -4.61. The Hall–Kier alpha value is -1.81. The monoisotopic (exact) mass is 800 g/mol. The minimum Gasteiger partial charge on any atom is -0.480 e. The second-order valence-corrected chi connectivity index (χ2v) is 16.3. The van der Waals surface area contributed by atoms with E-state index in [1.807, 2.05) is 0 Å². The van der Waals surface area contributed by atoms with Gasteiger partial charge in [0.1, 0.15) is 12.1 Å². The number of carbonyl (C=O) groups excluding carboxylic acids is 1. The van der Waals surface area contributed by atoms with Crippen LogP contribution in [0.4, 0.5) is 0 Å². The van der Waals surface area contributed by atoms with Crippen LogP contribution < -0.4 is 5.73 Å². The van der Waals surface area contributed by atoms with E-state index in [-0.39, 0.29) is 13.0 Å². The van der Waals surface area contributed by atoms with Gasteiger partial charge in [-0.25, -0.2) is 4.57 Å². The van der Waals surface area contributed by atoms with Crippen molar-refractivity contribution in [2.45, 2.75) is 206 Å². The highest BCUT2D eigenvalue weighted by Crippen LogP contribution is 2.43. The third-order valence-electron chi connectivity index (χ3n) is 9.42. The van der Waals surface area contributed by atoms with Crippen LogP contribution in [0.1, 0.15) is 194 Å². The molecular formula is C44H82NO9P. The molecule has 0 aromatic heterocycles. The Bertz CT molecular complexity index is 1020. The number of phosphoric ester groups is 1. The van der Waals surface area contributed by atoms with Crippen LogP contribution in [0.5, 0.6) is 0 Å².